The van der Waals surface area contributed by atoms with Crippen LogP contribution in [0.25, 0.3) is 10.8 Å². The van der Waals surface area contributed by atoms with Gasteiger partial charge in [0.2, 0.25) is 11.6 Å². The quantitative estimate of drug-likeness (QED) is 0.582. The van der Waals surface area contributed by atoms with Crippen molar-refractivity contribution in [2.24, 2.45) is 0 Å². The Morgan fingerprint density at radius 1 is 1.05 bits per heavy atom. The van der Waals surface area contributed by atoms with Crippen LogP contribution in [0.2, 0.25) is 0 Å². The normalized spacial score (nSPS) is 14.0. The van der Waals surface area contributed by atoms with Gasteiger partial charge in [0.25, 0.3) is 0 Å². The minimum atomic E-state index is -0.228. The summed E-state index contributed by atoms with van der Waals surface area (Å²) in [6.45, 7) is 0. The first-order chi connectivity index (χ1) is 10.8. The van der Waals surface area contributed by atoms with Gasteiger partial charge in [0, 0.05) is 5.56 Å². The van der Waals surface area contributed by atoms with Crippen molar-refractivity contribution in [3.8, 4) is 0 Å². The van der Waals surface area contributed by atoms with Crippen molar-refractivity contribution < 1.29 is 10.0 Å². The lowest BCUT2D eigenvalue weighted by Gasteiger charge is -2.10. The van der Waals surface area contributed by atoms with E-state index < -0.39 is 0 Å². The lowest BCUT2D eigenvalue weighted by atomic mass is 10.0. The smallest absolute Gasteiger partial charge is 0.232 e. The van der Waals surface area contributed by atoms with E-state index in [2.05, 4.69) is 4.98 Å². The highest BCUT2D eigenvalue weighted by Gasteiger charge is 2.25. The van der Waals surface area contributed by atoms with Gasteiger partial charge < -0.3 is 5.21 Å². The molecule has 110 valence electrons. The summed E-state index contributed by atoms with van der Waals surface area (Å²) in [6, 6.07) is 13.4. The molecule has 0 fully saturated rings. The Labute approximate surface area is 128 Å². The molecule has 0 atom stereocenters. The molecule has 4 heteroatoms. The van der Waals surface area contributed by atoms with Crippen molar-refractivity contribution >= 4 is 16.6 Å². The third kappa shape index (κ3) is 1.91. The predicted molar refractivity (Wildman–Crippen MR) is 83.4 cm³/mol. The van der Waals surface area contributed by atoms with Crippen molar-refractivity contribution in [1.82, 2.24) is 9.71 Å². The zero-order valence-corrected chi connectivity index (χ0v) is 12.1. The predicted octanol–water partition coefficient (Wildman–Crippen LogP) is 3.38. The lowest BCUT2D eigenvalue weighted by Crippen LogP contribution is -2.12. The van der Waals surface area contributed by atoms with E-state index in [0.29, 0.717) is 5.56 Å². The number of carbonyl (C=O) groups excluding carboxylic acids is 1. The van der Waals surface area contributed by atoms with Crippen LogP contribution in [0, 0.1) is 0 Å². The molecule has 1 N–H and O–H groups in total. The summed E-state index contributed by atoms with van der Waals surface area (Å²) in [6.07, 6.45) is 3.70. The van der Waals surface area contributed by atoms with E-state index in [9.17, 15) is 10.0 Å². The first-order valence-corrected chi connectivity index (χ1v) is 7.58. The Balaban J connectivity index is 1.86. The molecule has 1 aliphatic rings. The van der Waals surface area contributed by atoms with E-state index in [1.165, 1.54) is 0 Å². The van der Waals surface area contributed by atoms with Crippen LogP contribution in [-0.4, -0.2) is 20.7 Å². The lowest BCUT2D eigenvalue weighted by molar-refractivity contribution is 0.0972. The second-order valence-corrected chi connectivity index (χ2v) is 5.70. The third-order valence-electron chi connectivity index (χ3n) is 4.34. The van der Waals surface area contributed by atoms with Gasteiger partial charge in [-0.1, -0.05) is 42.5 Å². The average molecular weight is 292 g/mol. The zero-order valence-electron chi connectivity index (χ0n) is 12.1. The minimum Gasteiger partial charge on any atom is -0.426 e. The Morgan fingerprint density at radius 3 is 2.68 bits per heavy atom. The van der Waals surface area contributed by atoms with Crippen LogP contribution >= 0.6 is 0 Å². The molecular formula is C18H16N2O2. The SMILES string of the molecule is O=C(c1cccc2ccccc12)c1nc2c(n1O)CCCC2. The Bertz CT molecular complexity index is 875. The van der Waals surface area contributed by atoms with E-state index in [-0.39, 0.29) is 11.6 Å². The molecule has 4 nitrogen and oxygen atoms in total. The number of aromatic nitrogens is 2. The summed E-state index contributed by atoms with van der Waals surface area (Å²) in [7, 11) is 0. The molecular weight excluding hydrogens is 276 g/mol. The van der Waals surface area contributed by atoms with Crippen LogP contribution in [0.15, 0.2) is 42.5 Å². The number of hydrogen-bond donors (Lipinski definition) is 1. The second kappa shape index (κ2) is 4.98. The summed E-state index contributed by atoms with van der Waals surface area (Å²) in [5, 5.41) is 12.2. The topological polar surface area (TPSA) is 55.1 Å². The third-order valence-corrected chi connectivity index (χ3v) is 4.34. The second-order valence-electron chi connectivity index (χ2n) is 5.70. The fraction of sp³-hybridized carbons (Fsp3) is 0.222. The summed E-state index contributed by atoms with van der Waals surface area (Å²) < 4.78 is 0.999. The van der Waals surface area contributed by atoms with Gasteiger partial charge in [-0.2, -0.15) is 4.73 Å². The highest BCUT2D eigenvalue weighted by Crippen LogP contribution is 2.25. The van der Waals surface area contributed by atoms with Gasteiger partial charge in [-0.05, 0) is 36.5 Å². The number of rotatable bonds is 2. The number of benzene rings is 2. The highest BCUT2D eigenvalue weighted by atomic mass is 16.5. The largest absolute Gasteiger partial charge is 0.426 e. The van der Waals surface area contributed by atoms with Crippen molar-refractivity contribution in [1.29, 1.82) is 0 Å². The first-order valence-electron chi connectivity index (χ1n) is 7.58. The molecule has 0 radical (unpaired) electrons. The molecule has 4 rings (SSSR count). The highest BCUT2D eigenvalue weighted by molar-refractivity contribution is 6.14. The number of hydrogen-bond acceptors (Lipinski definition) is 3. The summed E-state index contributed by atoms with van der Waals surface area (Å²) in [4.78, 5) is 17.3. The maximum absolute atomic E-state index is 12.9. The van der Waals surface area contributed by atoms with Crippen molar-refractivity contribution in [2.45, 2.75) is 25.7 Å². The maximum atomic E-state index is 12.9. The summed E-state index contributed by atoms with van der Waals surface area (Å²) >= 11 is 0. The van der Waals surface area contributed by atoms with Crippen LogP contribution in [0.4, 0.5) is 0 Å². The van der Waals surface area contributed by atoms with Gasteiger partial charge in [0.1, 0.15) is 0 Å². The van der Waals surface area contributed by atoms with Crippen LogP contribution in [0.5, 0.6) is 0 Å². The molecule has 0 spiro atoms. The van der Waals surface area contributed by atoms with Crippen LogP contribution in [0.3, 0.4) is 0 Å². The number of fused-ring (bicyclic) bond motifs is 2. The molecule has 0 amide bonds. The van der Waals surface area contributed by atoms with E-state index in [1.54, 1.807) is 6.07 Å². The van der Waals surface area contributed by atoms with Gasteiger partial charge in [-0.25, -0.2) is 4.98 Å². The molecule has 1 aliphatic carbocycles. The molecule has 0 aliphatic heterocycles. The van der Waals surface area contributed by atoms with E-state index >= 15 is 0 Å². The summed E-state index contributed by atoms with van der Waals surface area (Å²) in [5.41, 5.74) is 2.22. The number of carbonyl (C=O) groups is 1. The van der Waals surface area contributed by atoms with Gasteiger partial charge in [-0.15, -0.1) is 0 Å². The minimum absolute atomic E-state index is 0.128. The van der Waals surface area contributed by atoms with Gasteiger partial charge >= 0.3 is 0 Å². The Kier molecular flexibility index (Phi) is 2.96. The van der Waals surface area contributed by atoms with Crippen molar-refractivity contribution in [2.75, 3.05) is 0 Å². The Hall–Kier alpha value is -2.62. The Morgan fingerprint density at radius 2 is 1.82 bits per heavy atom. The zero-order chi connectivity index (χ0) is 15.1. The van der Waals surface area contributed by atoms with E-state index in [0.717, 1.165) is 52.6 Å². The number of nitrogens with zero attached hydrogens (tertiary/aromatic N) is 2. The molecule has 0 unspecified atom stereocenters. The fourth-order valence-corrected chi connectivity index (χ4v) is 3.22. The first kappa shape index (κ1) is 13.1. The maximum Gasteiger partial charge on any atom is 0.232 e. The molecule has 22 heavy (non-hydrogen) atoms. The van der Waals surface area contributed by atoms with Crippen LogP contribution in [0.1, 0.15) is 40.4 Å². The molecule has 3 aromatic rings. The number of aryl methyl sites for hydroxylation is 1. The summed E-state index contributed by atoms with van der Waals surface area (Å²) in [5.74, 6) is -0.100. The average Bonchev–Trinajstić information content (AvgIpc) is 2.91. The molecule has 1 heterocycles. The standard InChI is InChI=1S/C18H16N2O2/c21-17(14-9-5-7-12-6-1-2-8-13(12)14)18-19-15-10-3-4-11-16(15)20(18)22/h1-2,5-9,22H,3-4,10-11H2. The monoisotopic (exact) mass is 292 g/mol. The van der Waals surface area contributed by atoms with Crippen molar-refractivity contribution in [3.05, 3.63) is 65.2 Å². The molecule has 0 bridgehead atoms. The van der Waals surface area contributed by atoms with E-state index in [4.69, 9.17) is 0 Å². The van der Waals surface area contributed by atoms with Crippen LogP contribution in [-0.2, 0) is 12.8 Å². The fourth-order valence-electron chi connectivity index (χ4n) is 3.22. The van der Waals surface area contributed by atoms with Crippen LogP contribution < -0.4 is 0 Å². The molecule has 1 aromatic heterocycles. The molecule has 0 saturated carbocycles. The van der Waals surface area contributed by atoms with Gasteiger partial charge in [0.15, 0.2) is 0 Å². The van der Waals surface area contributed by atoms with Crippen molar-refractivity contribution in [3.63, 3.8) is 0 Å². The number of imidazole rings is 1. The van der Waals surface area contributed by atoms with Gasteiger partial charge in [0.05, 0.1) is 11.4 Å². The van der Waals surface area contributed by atoms with Gasteiger partial charge in [-0.3, -0.25) is 4.79 Å². The van der Waals surface area contributed by atoms with E-state index in [1.807, 2.05) is 36.4 Å². The number of ketones is 1. The molecule has 2 aromatic carbocycles. The molecule has 0 saturated heterocycles.